The largest absolute Gasteiger partial charge is 0.508 e. The molecule has 17 nitrogen and oxygen atoms in total. The Kier molecular flexibility index (Phi) is 7.73. The number of aliphatic hydroxyl groups is 10. The zero-order chi connectivity index (χ0) is 35.4. The van der Waals surface area contributed by atoms with Gasteiger partial charge in [-0.3, -0.25) is 0 Å². The highest BCUT2D eigenvalue weighted by Crippen LogP contribution is 2.62. The highest BCUT2D eigenvalue weighted by molar-refractivity contribution is 5.97. The number of ether oxygens (including phenoxy) is 4. The van der Waals surface area contributed by atoms with Crippen molar-refractivity contribution < 1.29 is 85.0 Å². The topological polar surface area (TPSA) is 297 Å². The SMILES string of the molecule is O=C1OC2(c3ccc(O)cc3Oc3cc(O)c([C@@]4(O)O[C@H](CO)[C@H](O)[C@H](O)[C@H]4O)c([C@]4(O)O[C@H](CO)[C@H](O)[C@H](O)[C@H]4O)c32)c2ccccc21. The van der Waals surface area contributed by atoms with Gasteiger partial charge in [0.25, 0.3) is 0 Å². The molecule has 1 unspecified atom stereocenters. The number of esters is 1. The fourth-order valence-corrected chi connectivity index (χ4v) is 7.26. The maximum atomic E-state index is 13.6. The summed E-state index contributed by atoms with van der Waals surface area (Å²) in [6.45, 7) is -2.14. The predicted octanol–water partition coefficient (Wildman–Crippen LogP) is -3.10. The quantitative estimate of drug-likeness (QED) is 0.121. The van der Waals surface area contributed by atoms with Crippen LogP contribution in [0.25, 0.3) is 0 Å². The van der Waals surface area contributed by atoms with Crippen LogP contribution in [0.3, 0.4) is 0 Å². The molecule has 3 aromatic rings. The first-order valence-electron chi connectivity index (χ1n) is 15.0. The van der Waals surface area contributed by atoms with Crippen molar-refractivity contribution in [2.45, 2.75) is 66.0 Å². The number of aromatic hydroxyl groups is 2. The third-order valence-corrected chi connectivity index (χ3v) is 9.61. The molecule has 262 valence electrons. The number of hydrogen-bond acceptors (Lipinski definition) is 17. The van der Waals surface area contributed by atoms with E-state index >= 15 is 0 Å². The van der Waals surface area contributed by atoms with Gasteiger partial charge in [-0.2, -0.15) is 0 Å². The van der Waals surface area contributed by atoms with E-state index in [2.05, 4.69) is 0 Å². The second kappa shape index (κ2) is 11.3. The summed E-state index contributed by atoms with van der Waals surface area (Å²) in [5, 5.41) is 132. The van der Waals surface area contributed by atoms with Crippen molar-refractivity contribution in [2.24, 2.45) is 0 Å². The van der Waals surface area contributed by atoms with Crippen molar-refractivity contribution in [1.29, 1.82) is 0 Å². The first-order valence-corrected chi connectivity index (χ1v) is 15.0. The molecule has 17 heteroatoms. The van der Waals surface area contributed by atoms with Gasteiger partial charge in [0, 0.05) is 28.8 Å². The third-order valence-electron chi connectivity index (χ3n) is 9.61. The number of phenols is 2. The number of carbonyl (C=O) groups is 1. The average Bonchev–Trinajstić information content (AvgIpc) is 3.37. The smallest absolute Gasteiger partial charge is 0.340 e. The molecular formula is C32H32O17. The lowest BCUT2D eigenvalue weighted by Gasteiger charge is -2.51. The van der Waals surface area contributed by atoms with Gasteiger partial charge in [0.2, 0.25) is 11.6 Å². The monoisotopic (exact) mass is 688 g/mol. The molecule has 4 aliphatic rings. The maximum absolute atomic E-state index is 13.6. The number of carbonyl (C=O) groups excluding carboxylic acids is 1. The van der Waals surface area contributed by atoms with Crippen molar-refractivity contribution in [1.82, 2.24) is 0 Å². The lowest BCUT2D eigenvalue weighted by molar-refractivity contribution is -0.370. The molecule has 12 N–H and O–H groups in total. The normalized spacial score (nSPS) is 38.0. The summed E-state index contributed by atoms with van der Waals surface area (Å²) < 4.78 is 23.3. The van der Waals surface area contributed by atoms with E-state index in [0.717, 1.165) is 12.1 Å². The van der Waals surface area contributed by atoms with E-state index in [1.165, 1.54) is 36.4 Å². The predicted molar refractivity (Wildman–Crippen MR) is 156 cm³/mol. The molecule has 11 atom stereocenters. The molecule has 7 rings (SSSR count). The van der Waals surface area contributed by atoms with Crippen molar-refractivity contribution >= 4 is 5.97 Å². The Morgan fingerprint density at radius 2 is 1.22 bits per heavy atom. The summed E-state index contributed by atoms with van der Waals surface area (Å²) in [6, 6.07) is 10.3. The molecule has 4 heterocycles. The van der Waals surface area contributed by atoms with Crippen LogP contribution in [0.5, 0.6) is 23.0 Å². The van der Waals surface area contributed by atoms with Crippen LogP contribution in [-0.2, 0) is 31.4 Å². The van der Waals surface area contributed by atoms with Crippen molar-refractivity contribution in [3.63, 3.8) is 0 Å². The van der Waals surface area contributed by atoms with Crippen LogP contribution in [0, 0.1) is 0 Å². The summed E-state index contributed by atoms with van der Waals surface area (Å²) in [7, 11) is 0. The Balaban J connectivity index is 1.65. The van der Waals surface area contributed by atoms with E-state index in [-0.39, 0.29) is 28.2 Å². The van der Waals surface area contributed by atoms with Gasteiger partial charge in [0.15, 0.2) is 5.60 Å². The number of rotatable bonds is 4. The van der Waals surface area contributed by atoms with E-state index in [4.69, 9.17) is 18.9 Å². The Labute approximate surface area is 275 Å². The minimum Gasteiger partial charge on any atom is -0.508 e. The van der Waals surface area contributed by atoms with Crippen LogP contribution in [0.4, 0.5) is 0 Å². The maximum Gasteiger partial charge on any atom is 0.340 e. The summed E-state index contributed by atoms with van der Waals surface area (Å²) >= 11 is 0. The second-order valence-corrected chi connectivity index (χ2v) is 12.3. The summed E-state index contributed by atoms with van der Waals surface area (Å²) in [5.41, 5.74) is -4.90. The standard InChI is InChI=1S/C32H32O17/c33-9-18-23(37)25(39)27(41)31(44,47-18)20-15(36)8-17-21(22(20)32(45)28(42)26(40)24(38)19(10-34)48-32)30(14-6-5-11(35)7-16(14)46-17)13-4-2-1-3-12(13)29(43)49-30/h1-8,18-19,23-28,33-42,44-45H,9-10H2/t18-,19-,23+,24+,25+,26+,27-,28-,30?,31-,32+/m1/s1. The van der Waals surface area contributed by atoms with E-state index < -0.39 is 113 Å². The van der Waals surface area contributed by atoms with E-state index in [1.807, 2.05) is 0 Å². The highest BCUT2D eigenvalue weighted by Gasteiger charge is 2.65. The molecule has 2 fully saturated rings. The summed E-state index contributed by atoms with van der Waals surface area (Å²) in [5.74, 6) is -9.84. The Morgan fingerprint density at radius 3 is 1.82 bits per heavy atom. The highest BCUT2D eigenvalue weighted by atomic mass is 16.7. The van der Waals surface area contributed by atoms with Crippen molar-refractivity contribution in [2.75, 3.05) is 13.2 Å². The molecule has 3 aromatic carbocycles. The molecule has 0 amide bonds. The van der Waals surface area contributed by atoms with E-state index in [1.54, 1.807) is 0 Å². The molecule has 0 radical (unpaired) electrons. The number of fused-ring (bicyclic) bond motifs is 6. The van der Waals surface area contributed by atoms with E-state index in [9.17, 15) is 66.1 Å². The second-order valence-electron chi connectivity index (χ2n) is 12.3. The molecule has 49 heavy (non-hydrogen) atoms. The average molecular weight is 689 g/mol. The molecular weight excluding hydrogens is 656 g/mol. The van der Waals surface area contributed by atoms with Crippen LogP contribution in [0.1, 0.15) is 38.2 Å². The number of aliphatic hydroxyl groups excluding tert-OH is 8. The first-order chi connectivity index (χ1) is 23.1. The Bertz CT molecular complexity index is 1830. The Morgan fingerprint density at radius 1 is 0.653 bits per heavy atom. The minimum absolute atomic E-state index is 0.0250. The minimum atomic E-state index is -3.45. The lowest BCUT2D eigenvalue weighted by Crippen LogP contribution is -2.66. The van der Waals surface area contributed by atoms with Gasteiger partial charge in [-0.1, -0.05) is 18.2 Å². The van der Waals surface area contributed by atoms with Gasteiger partial charge in [0.05, 0.1) is 29.9 Å². The molecule has 1 spiro atoms. The zero-order valence-electron chi connectivity index (χ0n) is 25.1. The van der Waals surface area contributed by atoms with Crippen LogP contribution < -0.4 is 4.74 Å². The van der Waals surface area contributed by atoms with Gasteiger partial charge in [-0.15, -0.1) is 0 Å². The van der Waals surface area contributed by atoms with Crippen LogP contribution in [0.2, 0.25) is 0 Å². The summed E-state index contributed by atoms with van der Waals surface area (Å²) in [4.78, 5) is 13.6. The van der Waals surface area contributed by atoms with Crippen LogP contribution >= 0.6 is 0 Å². The molecule has 0 saturated carbocycles. The fourth-order valence-electron chi connectivity index (χ4n) is 7.26. The van der Waals surface area contributed by atoms with Crippen LogP contribution in [-0.4, -0.2) is 129 Å². The van der Waals surface area contributed by atoms with Crippen LogP contribution in [0.15, 0.2) is 48.5 Å². The molecule has 0 bridgehead atoms. The molecule has 2 saturated heterocycles. The molecule has 0 aromatic heterocycles. The van der Waals surface area contributed by atoms with Gasteiger partial charge >= 0.3 is 5.97 Å². The number of hydrogen-bond donors (Lipinski definition) is 12. The number of phenolic OH excluding ortho intramolecular Hbond substituents is 2. The van der Waals surface area contributed by atoms with Gasteiger partial charge in [0.1, 0.15) is 71.8 Å². The van der Waals surface area contributed by atoms with Crippen molar-refractivity contribution in [3.05, 3.63) is 81.9 Å². The number of benzene rings is 3. The Hall–Kier alpha value is -3.95. The fraction of sp³-hybridized carbons (Fsp3) is 0.406. The van der Waals surface area contributed by atoms with Gasteiger partial charge in [-0.25, -0.2) is 4.79 Å². The molecule has 4 aliphatic heterocycles. The lowest BCUT2D eigenvalue weighted by atomic mass is 9.70. The van der Waals surface area contributed by atoms with Crippen molar-refractivity contribution in [3.8, 4) is 23.0 Å². The van der Waals surface area contributed by atoms with Gasteiger partial charge < -0.3 is 80.2 Å². The first kappa shape index (κ1) is 33.5. The molecule has 0 aliphatic carbocycles. The van der Waals surface area contributed by atoms with E-state index in [0.29, 0.717) is 0 Å². The van der Waals surface area contributed by atoms with Gasteiger partial charge in [-0.05, 0) is 18.2 Å². The zero-order valence-corrected chi connectivity index (χ0v) is 25.1. The summed E-state index contributed by atoms with van der Waals surface area (Å²) in [6.07, 6.45) is -17.6. The third kappa shape index (κ3) is 4.40.